The van der Waals surface area contributed by atoms with Crippen LogP contribution in [0, 0.1) is 5.92 Å². The summed E-state index contributed by atoms with van der Waals surface area (Å²) in [5.41, 5.74) is 3.95. The van der Waals surface area contributed by atoms with E-state index in [0.717, 1.165) is 40.6 Å². The van der Waals surface area contributed by atoms with Gasteiger partial charge in [-0.3, -0.25) is 9.89 Å². The Morgan fingerprint density at radius 3 is 2.71 bits per heavy atom. The molecule has 1 amide bonds. The van der Waals surface area contributed by atoms with Crippen molar-refractivity contribution in [2.75, 3.05) is 5.32 Å². The molecule has 0 spiro atoms. The predicted molar refractivity (Wildman–Crippen MR) is 82.9 cm³/mol. The van der Waals surface area contributed by atoms with Crippen LogP contribution in [0.5, 0.6) is 0 Å². The summed E-state index contributed by atoms with van der Waals surface area (Å²) in [6, 6.07) is 14.2. The molecule has 3 aromatic rings. The summed E-state index contributed by atoms with van der Waals surface area (Å²) < 4.78 is 0. The van der Waals surface area contributed by atoms with Crippen molar-refractivity contribution in [1.82, 2.24) is 10.2 Å². The molecule has 4 nitrogen and oxygen atoms in total. The van der Waals surface area contributed by atoms with Crippen molar-refractivity contribution in [2.45, 2.75) is 12.8 Å². The number of rotatable bonds is 3. The van der Waals surface area contributed by atoms with Gasteiger partial charge in [0.25, 0.3) is 0 Å². The predicted octanol–water partition coefficient (Wildman–Crippen LogP) is 3.58. The highest BCUT2D eigenvalue weighted by Crippen LogP contribution is 2.33. The zero-order chi connectivity index (χ0) is 14.2. The van der Waals surface area contributed by atoms with E-state index in [4.69, 9.17) is 0 Å². The fourth-order valence-electron chi connectivity index (χ4n) is 2.53. The van der Waals surface area contributed by atoms with Gasteiger partial charge < -0.3 is 5.32 Å². The minimum Gasteiger partial charge on any atom is -0.325 e. The molecule has 2 N–H and O–H groups in total. The van der Waals surface area contributed by atoms with E-state index in [1.807, 2.05) is 24.3 Å². The van der Waals surface area contributed by atoms with Gasteiger partial charge in [-0.05, 0) is 36.1 Å². The van der Waals surface area contributed by atoms with Gasteiger partial charge in [0.1, 0.15) is 0 Å². The Balaban J connectivity index is 1.80. The second-order valence-corrected chi connectivity index (χ2v) is 5.48. The maximum atomic E-state index is 12.0. The second kappa shape index (κ2) is 4.74. The summed E-state index contributed by atoms with van der Waals surface area (Å²) in [6.07, 6.45) is 3.75. The molecule has 1 heterocycles. The van der Waals surface area contributed by atoms with Gasteiger partial charge in [-0.2, -0.15) is 5.10 Å². The number of H-pyrrole nitrogens is 1. The first-order chi connectivity index (χ1) is 10.3. The van der Waals surface area contributed by atoms with Gasteiger partial charge in [-0.1, -0.05) is 30.3 Å². The molecular formula is C17H15N3O. The monoisotopic (exact) mass is 277 g/mol. The van der Waals surface area contributed by atoms with E-state index in [0.29, 0.717) is 0 Å². The molecule has 1 aromatic heterocycles. The molecule has 0 radical (unpaired) electrons. The summed E-state index contributed by atoms with van der Waals surface area (Å²) in [5.74, 6) is 0.301. The van der Waals surface area contributed by atoms with Crippen LogP contribution >= 0.6 is 0 Å². The Hall–Kier alpha value is -2.62. The van der Waals surface area contributed by atoms with Crippen LogP contribution in [0.1, 0.15) is 12.8 Å². The van der Waals surface area contributed by atoms with E-state index in [1.165, 1.54) is 0 Å². The van der Waals surface area contributed by atoms with Gasteiger partial charge in [-0.25, -0.2) is 0 Å². The van der Waals surface area contributed by atoms with Gasteiger partial charge in [0, 0.05) is 11.3 Å². The van der Waals surface area contributed by atoms with Crippen LogP contribution in [0.3, 0.4) is 0 Å². The average molecular weight is 277 g/mol. The molecule has 4 heteroatoms. The van der Waals surface area contributed by atoms with Crippen LogP contribution < -0.4 is 5.32 Å². The lowest BCUT2D eigenvalue weighted by Gasteiger charge is -2.09. The number of aromatic amines is 1. The number of anilines is 1. The average Bonchev–Trinajstić information content (AvgIpc) is 3.26. The first-order valence-electron chi connectivity index (χ1n) is 7.15. The zero-order valence-electron chi connectivity index (χ0n) is 11.5. The maximum Gasteiger partial charge on any atom is 0.227 e. The van der Waals surface area contributed by atoms with Crippen LogP contribution in [0.4, 0.5) is 5.69 Å². The van der Waals surface area contributed by atoms with E-state index in [-0.39, 0.29) is 11.8 Å². The van der Waals surface area contributed by atoms with Crippen molar-refractivity contribution in [2.24, 2.45) is 5.92 Å². The standard InChI is InChI=1S/C17H15N3O/c21-17(12-6-7-12)19-15-8-13(11-4-2-1-3-5-11)9-16-14(15)10-18-20-16/h1-5,8-10,12H,6-7H2,(H,18,20)(H,19,21). The van der Waals surface area contributed by atoms with Crippen LogP contribution in [0.2, 0.25) is 0 Å². The molecule has 0 saturated heterocycles. The summed E-state index contributed by atoms with van der Waals surface area (Å²) in [7, 11) is 0. The third kappa shape index (κ3) is 2.29. The smallest absolute Gasteiger partial charge is 0.227 e. The first-order valence-corrected chi connectivity index (χ1v) is 7.15. The number of nitrogens with one attached hydrogen (secondary N) is 2. The number of aromatic nitrogens is 2. The topological polar surface area (TPSA) is 57.8 Å². The Morgan fingerprint density at radius 2 is 1.95 bits per heavy atom. The molecule has 0 bridgehead atoms. The Bertz CT molecular complexity index is 803. The van der Waals surface area contributed by atoms with Crippen LogP contribution in [-0.2, 0) is 4.79 Å². The number of nitrogens with zero attached hydrogens (tertiary/aromatic N) is 1. The maximum absolute atomic E-state index is 12.0. The minimum absolute atomic E-state index is 0.114. The van der Waals surface area contributed by atoms with Crippen LogP contribution in [0.15, 0.2) is 48.7 Å². The summed E-state index contributed by atoms with van der Waals surface area (Å²) in [4.78, 5) is 12.0. The van der Waals surface area contributed by atoms with E-state index < -0.39 is 0 Å². The lowest BCUT2D eigenvalue weighted by molar-refractivity contribution is -0.117. The fraction of sp³-hybridized carbons (Fsp3) is 0.176. The highest BCUT2D eigenvalue weighted by atomic mass is 16.2. The highest BCUT2D eigenvalue weighted by Gasteiger charge is 2.30. The zero-order valence-corrected chi connectivity index (χ0v) is 11.5. The van der Waals surface area contributed by atoms with E-state index in [1.54, 1.807) is 6.20 Å². The quantitative estimate of drug-likeness (QED) is 0.768. The SMILES string of the molecule is O=C(Nc1cc(-c2ccccc2)cc2[nH]ncc12)C1CC1. The van der Waals surface area contributed by atoms with Gasteiger partial charge in [-0.15, -0.1) is 0 Å². The molecule has 0 unspecified atom stereocenters. The third-order valence-electron chi connectivity index (χ3n) is 3.87. The molecule has 0 atom stereocenters. The second-order valence-electron chi connectivity index (χ2n) is 5.48. The van der Waals surface area contributed by atoms with Crippen molar-refractivity contribution >= 4 is 22.5 Å². The molecule has 2 aromatic carbocycles. The van der Waals surface area contributed by atoms with Crippen LogP contribution in [0.25, 0.3) is 22.0 Å². The van der Waals surface area contributed by atoms with Crippen molar-refractivity contribution in [3.8, 4) is 11.1 Å². The van der Waals surface area contributed by atoms with Gasteiger partial charge in [0.15, 0.2) is 0 Å². The molecular weight excluding hydrogens is 262 g/mol. The fourth-order valence-corrected chi connectivity index (χ4v) is 2.53. The number of hydrogen-bond acceptors (Lipinski definition) is 2. The number of fused-ring (bicyclic) bond motifs is 1. The minimum atomic E-state index is 0.114. The highest BCUT2D eigenvalue weighted by molar-refractivity contribution is 6.04. The summed E-state index contributed by atoms with van der Waals surface area (Å²) in [5, 5.41) is 11.1. The number of amides is 1. The first kappa shape index (κ1) is 12.1. The van der Waals surface area contributed by atoms with Crippen molar-refractivity contribution in [1.29, 1.82) is 0 Å². The Labute approximate surface area is 122 Å². The van der Waals surface area contributed by atoms with E-state index in [2.05, 4.69) is 33.7 Å². The number of benzene rings is 2. The van der Waals surface area contributed by atoms with Gasteiger partial charge in [0.2, 0.25) is 5.91 Å². The lowest BCUT2D eigenvalue weighted by Crippen LogP contribution is -2.13. The van der Waals surface area contributed by atoms with Crippen LogP contribution in [-0.4, -0.2) is 16.1 Å². The molecule has 1 saturated carbocycles. The van der Waals surface area contributed by atoms with Gasteiger partial charge in [0.05, 0.1) is 17.4 Å². The molecule has 1 aliphatic carbocycles. The largest absolute Gasteiger partial charge is 0.325 e. The van der Waals surface area contributed by atoms with Gasteiger partial charge >= 0.3 is 0 Å². The third-order valence-corrected chi connectivity index (χ3v) is 3.87. The molecule has 1 fully saturated rings. The molecule has 0 aliphatic heterocycles. The normalized spacial score (nSPS) is 14.3. The Kier molecular flexibility index (Phi) is 2.74. The number of hydrogen-bond donors (Lipinski definition) is 2. The van der Waals surface area contributed by atoms with Crippen molar-refractivity contribution < 1.29 is 4.79 Å². The summed E-state index contributed by atoms with van der Waals surface area (Å²) in [6.45, 7) is 0. The molecule has 21 heavy (non-hydrogen) atoms. The number of carbonyl (C=O) groups excluding carboxylic acids is 1. The molecule has 104 valence electrons. The Morgan fingerprint density at radius 1 is 1.14 bits per heavy atom. The molecule has 1 aliphatic rings. The number of carbonyl (C=O) groups is 1. The van der Waals surface area contributed by atoms with Crippen molar-refractivity contribution in [3.05, 3.63) is 48.7 Å². The van der Waals surface area contributed by atoms with E-state index >= 15 is 0 Å². The van der Waals surface area contributed by atoms with Crippen molar-refractivity contribution in [3.63, 3.8) is 0 Å². The lowest BCUT2D eigenvalue weighted by atomic mass is 10.0. The van der Waals surface area contributed by atoms with E-state index in [9.17, 15) is 4.79 Å². The molecule has 4 rings (SSSR count). The summed E-state index contributed by atoms with van der Waals surface area (Å²) >= 11 is 0.